The van der Waals surface area contributed by atoms with Crippen LogP contribution in [0.3, 0.4) is 0 Å². The number of rotatable bonds is 1. The van der Waals surface area contributed by atoms with Crippen molar-refractivity contribution >= 4 is 12.6 Å². The Morgan fingerprint density at radius 3 is 2.36 bits per heavy atom. The first-order chi connectivity index (χ1) is 6.77. The maximum Gasteiger partial charge on any atom is 0.242 e. The highest BCUT2D eigenvalue weighted by atomic mass is 32.1. The van der Waals surface area contributed by atoms with Gasteiger partial charge in [-0.15, -0.1) is 0 Å². The molecule has 0 saturated heterocycles. The lowest BCUT2D eigenvalue weighted by Crippen LogP contribution is -2.31. The van der Waals surface area contributed by atoms with Gasteiger partial charge in [0.05, 0.1) is 0 Å². The Morgan fingerprint density at radius 2 is 1.71 bits per heavy atom. The van der Waals surface area contributed by atoms with Gasteiger partial charge in [0, 0.05) is 24.3 Å². The lowest BCUT2D eigenvalue weighted by Gasteiger charge is -1.98. The van der Waals surface area contributed by atoms with Crippen molar-refractivity contribution in [2.24, 2.45) is 0 Å². The lowest BCUT2D eigenvalue weighted by molar-refractivity contribution is -0.635. The van der Waals surface area contributed by atoms with Crippen molar-refractivity contribution in [1.29, 1.82) is 0 Å². The number of hydrogen-bond donors (Lipinski definition) is 1. The number of hydrogen-bond acceptors (Lipinski definition) is 1. The van der Waals surface area contributed by atoms with Crippen molar-refractivity contribution in [2.75, 3.05) is 0 Å². The maximum absolute atomic E-state index is 4.40. The predicted octanol–water partition coefficient (Wildman–Crippen LogP) is 2.56. The van der Waals surface area contributed by atoms with E-state index in [1.165, 1.54) is 5.56 Å². The van der Waals surface area contributed by atoms with Crippen molar-refractivity contribution < 1.29 is 4.57 Å². The van der Waals surface area contributed by atoms with Gasteiger partial charge in [-0.05, 0) is 13.0 Å². The summed E-state index contributed by atoms with van der Waals surface area (Å²) in [6, 6.07) is 14.3. The summed E-state index contributed by atoms with van der Waals surface area (Å²) < 4.78 is 2.04. The van der Waals surface area contributed by atoms with Crippen LogP contribution in [0, 0.1) is 6.92 Å². The lowest BCUT2D eigenvalue weighted by atomic mass is 10.2. The summed E-state index contributed by atoms with van der Waals surface area (Å²) in [5.74, 6) is 0. The number of thiol groups is 1. The molecule has 1 aromatic carbocycles. The maximum atomic E-state index is 4.40. The summed E-state index contributed by atoms with van der Waals surface area (Å²) >= 11 is 4.40. The van der Waals surface area contributed by atoms with Gasteiger partial charge in [-0.25, -0.2) is 0 Å². The molecule has 0 atom stereocenters. The quantitative estimate of drug-likeness (QED) is 0.535. The third-order valence-electron chi connectivity index (χ3n) is 2.15. The van der Waals surface area contributed by atoms with E-state index in [1.54, 1.807) is 0 Å². The Labute approximate surface area is 89.4 Å². The van der Waals surface area contributed by atoms with Gasteiger partial charge in [-0.3, -0.25) is 0 Å². The Bertz CT molecular complexity index is 434. The summed E-state index contributed by atoms with van der Waals surface area (Å²) in [6.07, 6.45) is 2.01. The molecule has 0 bridgehead atoms. The zero-order valence-electron chi connectivity index (χ0n) is 8.01. The van der Waals surface area contributed by atoms with Crippen LogP contribution in [0.25, 0.3) is 5.69 Å². The molecule has 0 aliphatic rings. The highest BCUT2D eigenvalue weighted by molar-refractivity contribution is 7.80. The van der Waals surface area contributed by atoms with Gasteiger partial charge in [0.15, 0.2) is 6.20 Å². The molecule has 70 valence electrons. The molecule has 0 unspecified atom stereocenters. The molecule has 0 amide bonds. The summed E-state index contributed by atoms with van der Waals surface area (Å²) in [4.78, 5) is 0. The zero-order valence-corrected chi connectivity index (χ0v) is 8.91. The van der Waals surface area contributed by atoms with E-state index in [1.807, 2.05) is 29.0 Å². The van der Waals surface area contributed by atoms with E-state index in [0.717, 1.165) is 10.7 Å². The van der Waals surface area contributed by atoms with Crippen molar-refractivity contribution in [3.63, 3.8) is 0 Å². The summed E-state index contributed by atoms with van der Waals surface area (Å²) in [5, 5.41) is 0.941. The molecule has 0 spiro atoms. The fourth-order valence-corrected chi connectivity index (χ4v) is 1.63. The second kappa shape index (κ2) is 3.84. The number of nitrogens with zero attached hydrogens (tertiary/aromatic N) is 1. The van der Waals surface area contributed by atoms with Crippen molar-refractivity contribution in [2.45, 2.75) is 11.9 Å². The summed E-state index contributed by atoms with van der Waals surface area (Å²) in [6.45, 7) is 2.08. The second-order valence-electron chi connectivity index (χ2n) is 3.26. The molecular formula is C12H12NS+. The van der Waals surface area contributed by atoms with Crippen molar-refractivity contribution in [3.8, 4) is 5.69 Å². The molecule has 0 aliphatic heterocycles. The first-order valence-electron chi connectivity index (χ1n) is 4.54. The molecule has 0 aliphatic carbocycles. The molecule has 0 N–H and O–H groups in total. The second-order valence-corrected chi connectivity index (χ2v) is 3.72. The highest BCUT2D eigenvalue weighted by Gasteiger charge is 2.07. The van der Waals surface area contributed by atoms with Crippen LogP contribution in [0.2, 0.25) is 0 Å². The van der Waals surface area contributed by atoms with Crippen LogP contribution in [0.15, 0.2) is 53.7 Å². The Balaban J connectivity index is 2.50. The Morgan fingerprint density at radius 1 is 1.00 bits per heavy atom. The molecule has 2 aromatic rings. The van der Waals surface area contributed by atoms with Gasteiger partial charge in [0.25, 0.3) is 0 Å². The number of aryl methyl sites for hydroxylation is 1. The van der Waals surface area contributed by atoms with E-state index in [-0.39, 0.29) is 0 Å². The van der Waals surface area contributed by atoms with Crippen LogP contribution in [0.4, 0.5) is 0 Å². The fraction of sp³-hybridized carbons (Fsp3) is 0.0833. The van der Waals surface area contributed by atoms with Crippen molar-refractivity contribution in [1.82, 2.24) is 0 Å². The monoisotopic (exact) mass is 202 g/mol. The Hall–Kier alpha value is -1.28. The van der Waals surface area contributed by atoms with Gasteiger partial charge in [0.1, 0.15) is 0 Å². The minimum absolute atomic E-state index is 0.941. The van der Waals surface area contributed by atoms with Gasteiger partial charge >= 0.3 is 0 Å². The standard InChI is InChI=1S/C12H11NS/c1-10-5-7-11(8-6-10)13-9-3-2-4-12(13)14/h2-9H,1H3/p+1. The van der Waals surface area contributed by atoms with E-state index in [9.17, 15) is 0 Å². The zero-order chi connectivity index (χ0) is 9.97. The van der Waals surface area contributed by atoms with E-state index in [2.05, 4.69) is 43.8 Å². The third kappa shape index (κ3) is 1.80. The molecule has 2 heteroatoms. The van der Waals surface area contributed by atoms with Crippen LogP contribution in [0.1, 0.15) is 5.56 Å². The first kappa shape index (κ1) is 9.28. The Kier molecular flexibility index (Phi) is 2.55. The van der Waals surface area contributed by atoms with Crippen LogP contribution in [-0.2, 0) is 0 Å². The van der Waals surface area contributed by atoms with E-state index < -0.39 is 0 Å². The van der Waals surface area contributed by atoms with Gasteiger partial charge < -0.3 is 0 Å². The largest absolute Gasteiger partial charge is 0.242 e. The minimum Gasteiger partial charge on any atom is -0.155 e. The van der Waals surface area contributed by atoms with E-state index >= 15 is 0 Å². The smallest absolute Gasteiger partial charge is 0.155 e. The molecular weight excluding hydrogens is 190 g/mol. The molecule has 1 nitrogen and oxygen atoms in total. The number of pyridine rings is 1. The van der Waals surface area contributed by atoms with Crippen LogP contribution < -0.4 is 4.57 Å². The molecule has 1 heterocycles. The number of benzene rings is 1. The van der Waals surface area contributed by atoms with Crippen molar-refractivity contribution in [3.05, 3.63) is 54.2 Å². The predicted molar refractivity (Wildman–Crippen MR) is 60.0 cm³/mol. The highest BCUT2D eigenvalue weighted by Crippen LogP contribution is 2.06. The van der Waals surface area contributed by atoms with Gasteiger partial charge in [-0.2, -0.15) is 4.57 Å². The fourth-order valence-electron chi connectivity index (χ4n) is 1.36. The van der Waals surface area contributed by atoms with Gasteiger partial charge in [-0.1, -0.05) is 30.3 Å². The molecule has 2 rings (SSSR count). The topological polar surface area (TPSA) is 3.88 Å². The first-order valence-corrected chi connectivity index (χ1v) is 4.99. The minimum atomic E-state index is 0.941. The normalized spacial score (nSPS) is 10.1. The van der Waals surface area contributed by atoms with E-state index in [4.69, 9.17) is 0 Å². The van der Waals surface area contributed by atoms with E-state index in [0.29, 0.717) is 0 Å². The molecule has 1 aromatic heterocycles. The van der Waals surface area contributed by atoms with Crippen LogP contribution >= 0.6 is 12.6 Å². The average molecular weight is 202 g/mol. The SMILES string of the molecule is Cc1ccc(-[n+]2ccccc2S)cc1. The molecule has 0 fully saturated rings. The summed E-state index contributed by atoms with van der Waals surface area (Å²) in [5.41, 5.74) is 2.41. The average Bonchev–Trinajstić information content (AvgIpc) is 2.20. The number of aromatic nitrogens is 1. The van der Waals surface area contributed by atoms with Gasteiger partial charge in [0.2, 0.25) is 10.7 Å². The molecule has 14 heavy (non-hydrogen) atoms. The summed E-state index contributed by atoms with van der Waals surface area (Å²) in [7, 11) is 0. The third-order valence-corrected chi connectivity index (χ3v) is 2.52. The van der Waals surface area contributed by atoms with Crippen LogP contribution in [-0.4, -0.2) is 0 Å². The molecule has 0 saturated carbocycles. The molecule has 0 radical (unpaired) electrons. The van der Waals surface area contributed by atoms with Crippen LogP contribution in [0.5, 0.6) is 0 Å².